The minimum Gasteiger partial charge on any atom is -0.349 e. The first-order valence-corrected chi connectivity index (χ1v) is 10.8. The molecule has 3 aromatic rings. The Morgan fingerprint density at radius 2 is 1.73 bits per heavy atom. The molecule has 0 spiro atoms. The van der Waals surface area contributed by atoms with Crippen LogP contribution in [0.2, 0.25) is 5.02 Å². The molecule has 2 heterocycles. The van der Waals surface area contributed by atoms with E-state index in [-0.39, 0.29) is 23.0 Å². The lowest BCUT2D eigenvalue weighted by atomic mass is 9.79. The summed E-state index contributed by atoms with van der Waals surface area (Å²) in [6.07, 6.45) is 1.81. The molecule has 1 aromatic heterocycles. The summed E-state index contributed by atoms with van der Waals surface area (Å²) in [6, 6.07) is 11.6. The lowest BCUT2D eigenvalue weighted by molar-refractivity contribution is 0.0873. The number of benzene rings is 2. The van der Waals surface area contributed by atoms with E-state index in [0.717, 1.165) is 40.8 Å². The van der Waals surface area contributed by atoms with Crippen molar-refractivity contribution in [3.05, 3.63) is 52.5 Å². The zero-order valence-corrected chi connectivity index (χ0v) is 18.9. The maximum Gasteiger partial charge on any atom is 0.251 e. The van der Waals surface area contributed by atoms with Crippen LogP contribution in [0.4, 0.5) is 0 Å². The molecule has 1 aliphatic heterocycles. The van der Waals surface area contributed by atoms with E-state index in [0.29, 0.717) is 10.6 Å². The zero-order chi connectivity index (χ0) is 21.7. The van der Waals surface area contributed by atoms with Gasteiger partial charge in [-0.05, 0) is 77.3 Å². The molecule has 4 rings (SSSR count). The molecule has 3 N–H and O–H groups in total. The number of hydrogen-bond donors (Lipinski definition) is 3. The van der Waals surface area contributed by atoms with Gasteiger partial charge in [0.1, 0.15) is 5.82 Å². The Hall–Kier alpha value is -2.37. The molecule has 0 radical (unpaired) electrons. The Morgan fingerprint density at radius 3 is 2.37 bits per heavy atom. The van der Waals surface area contributed by atoms with Crippen LogP contribution in [0.15, 0.2) is 36.4 Å². The van der Waals surface area contributed by atoms with E-state index in [2.05, 4.69) is 48.3 Å². The van der Waals surface area contributed by atoms with Crippen molar-refractivity contribution in [3.8, 4) is 11.4 Å². The van der Waals surface area contributed by atoms with Crippen LogP contribution in [0.3, 0.4) is 0 Å². The van der Waals surface area contributed by atoms with Gasteiger partial charge >= 0.3 is 0 Å². The van der Waals surface area contributed by atoms with E-state index in [1.54, 1.807) is 0 Å². The van der Waals surface area contributed by atoms with Gasteiger partial charge in [0, 0.05) is 33.3 Å². The predicted octanol–water partition coefficient (Wildman–Crippen LogP) is 5.23. The second-order valence-corrected chi connectivity index (χ2v) is 10.2. The van der Waals surface area contributed by atoms with Crippen LogP contribution in [0.25, 0.3) is 22.4 Å². The molecule has 2 aromatic carbocycles. The van der Waals surface area contributed by atoms with Crippen LogP contribution in [-0.4, -0.2) is 33.0 Å². The highest BCUT2D eigenvalue weighted by Crippen LogP contribution is 2.29. The number of carbonyl (C=O) groups excluding carboxylic acids is 1. The number of nitrogens with zero attached hydrogens (tertiary/aromatic N) is 1. The van der Waals surface area contributed by atoms with Crippen molar-refractivity contribution in [2.24, 2.45) is 0 Å². The van der Waals surface area contributed by atoms with Crippen LogP contribution in [0.5, 0.6) is 0 Å². The second-order valence-electron chi connectivity index (χ2n) is 9.75. The quantitative estimate of drug-likeness (QED) is 0.539. The number of imidazole rings is 1. The van der Waals surface area contributed by atoms with Crippen molar-refractivity contribution < 1.29 is 4.79 Å². The van der Waals surface area contributed by atoms with Gasteiger partial charge in [-0.2, -0.15) is 0 Å². The molecule has 5 nitrogen and oxygen atoms in total. The lowest BCUT2D eigenvalue weighted by Gasteiger charge is -2.46. The molecule has 158 valence electrons. The molecule has 1 saturated heterocycles. The van der Waals surface area contributed by atoms with E-state index < -0.39 is 0 Å². The van der Waals surface area contributed by atoms with Crippen molar-refractivity contribution in [3.63, 3.8) is 0 Å². The Kier molecular flexibility index (Phi) is 5.15. The first kappa shape index (κ1) is 20.9. The number of nitrogens with one attached hydrogen (secondary N) is 3. The van der Waals surface area contributed by atoms with Crippen LogP contribution in [-0.2, 0) is 0 Å². The Balaban J connectivity index is 1.50. The van der Waals surface area contributed by atoms with Gasteiger partial charge in [-0.15, -0.1) is 0 Å². The van der Waals surface area contributed by atoms with Gasteiger partial charge in [0.05, 0.1) is 11.0 Å². The normalized spacial score (nSPS) is 18.5. The smallest absolute Gasteiger partial charge is 0.251 e. The summed E-state index contributed by atoms with van der Waals surface area (Å²) >= 11 is 6.21. The van der Waals surface area contributed by atoms with Crippen LogP contribution in [0, 0.1) is 6.92 Å². The molecule has 0 bridgehead atoms. The number of fused-ring (bicyclic) bond motifs is 1. The first-order chi connectivity index (χ1) is 14.0. The van der Waals surface area contributed by atoms with Crippen molar-refractivity contribution in [2.45, 2.75) is 64.6 Å². The number of aryl methyl sites for hydroxylation is 1. The number of H-pyrrole nitrogens is 1. The summed E-state index contributed by atoms with van der Waals surface area (Å²) < 4.78 is 0. The Morgan fingerprint density at radius 1 is 1.10 bits per heavy atom. The molecule has 30 heavy (non-hydrogen) atoms. The van der Waals surface area contributed by atoms with Gasteiger partial charge in [-0.1, -0.05) is 23.7 Å². The molecule has 6 heteroatoms. The summed E-state index contributed by atoms with van der Waals surface area (Å²) in [4.78, 5) is 20.8. The average molecular weight is 425 g/mol. The summed E-state index contributed by atoms with van der Waals surface area (Å²) in [6.45, 7) is 10.7. The van der Waals surface area contributed by atoms with Gasteiger partial charge in [0.25, 0.3) is 5.91 Å². The van der Waals surface area contributed by atoms with Gasteiger partial charge in [0.15, 0.2) is 0 Å². The number of halogens is 1. The van der Waals surface area contributed by atoms with E-state index in [1.165, 1.54) is 0 Å². The van der Waals surface area contributed by atoms with Crippen molar-refractivity contribution in [1.82, 2.24) is 20.6 Å². The summed E-state index contributed by atoms with van der Waals surface area (Å²) in [7, 11) is 0. The van der Waals surface area contributed by atoms with Crippen LogP contribution in [0.1, 0.15) is 56.5 Å². The minimum atomic E-state index is -0.0351. The number of aromatic nitrogens is 2. The Labute approximate surface area is 182 Å². The summed E-state index contributed by atoms with van der Waals surface area (Å²) in [5.41, 5.74) is 4.36. The standard InChI is InChI=1S/C24H29ClN4O/c1-14-10-19-20(11-18(14)25)28-21(27-19)15-6-8-16(9-7-15)22(30)26-17-12-23(2,3)29-24(4,5)13-17/h6-11,17,29H,12-13H2,1-5H3,(H,26,30)(H,27,28). The first-order valence-electron chi connectivity index (χ1n) is 10.4. The largest absolute Gasteiger partial charge is 0.349 e. The van der Waals surface area contributed by atoms with Gasteiger partial charge in [0.2, 0.25) is 0 Å². The van der Waals surface area contributed by atoms with E-state index in [4.69, 9.17) is 11.6 Å². The number of hydrogen-bond acceptors (Lipinski definition) is 3. The summed E-state index contributed by atoms with van der Waals surface area (Å²) in [5.74, 6) is 0.729. The Bertz CT molecular complexity index is 1040. The van der Waals surface area contributed by atoms with Crippen molar-refractivity contribution in [1.29, 1.82) is 0 Å². The van der Waals surface area contributed by atoms with Gasteiger partial charge in [-0.3, -0.25) is 4.79 Å². The average Bonchev–Trinajstić information content (AvgIpc) is 3.02. The zero-order valence-electron chi connectivity index (χ0n) is 18.2. The van der Waals surface area contributed by atoms with E-state index in [1.807, 2.05) is 43.3 Å². The van der Waals surface area contributed by atoms with Crippen molar-refractivity contribution in [2.75, 3.05) is 0 Å². The number of piperidine rings is 1. The maximum absolute atomic E-state index is 12.8. The highest BCUT2D eigenvalue weighted by atomic mass is 35.5. The number of aromatic amines is 1. The highest BCUT2D eigenvalue weighted by molar-refractivity contribution is 6.32. The van der Waals surface area contributed by atoms with Crippen LogP contribution < -0.4 is 10.6 Å². The third-order valence-corrected chi connectivity index (χ3v) is 6.12. The number of carbonyl (C=O) groups is 1. The summed E-state index contributed by atoms with van der Waals surface area (Å²) in [5, 5.41) is 7.58. The minimum absolute atomic E-state index is 0.00784. The van der Waals surface area contributed by atoms with Gasteiger partial charge < -0.3 is 15.6 Å². The number of rotatable bonds is 3. The molecule has 0 unspecified atom stereocenters. The molecule has 0 atom stereocenters. The lowest BCUT2D eigenvalue weighted by Crippen LogP contribution is -2.62. The fourth-order valence-electron chi connectivity index (χ4n) is 4.75. The molecule has 1 amide bonds. The second kappa shape index (κ2) is 7.40. The molecular formula is C24H29ClN4O. The maximum atomic E-state index is 12.8. The van der Waals surface area contributed by atoms with Gasteiger partial charge in [-0.25, -0.2) is 4.98 Å². The topological polar surface area (TPSA) is 69.8 Å². The third kappa shape index (κ3) is 4.37. The molecular weight excluding hydrogens is 396 g/mol. The highest BCUT2D eigenvalue weighted by Gasteiger charge is 2.38. The predicted molar refractivity (Wildman–Crippen MR) is 123 cm³/mol. The fourth-order valence-corrected chi connectivity index (χ4v) is 4.91. The molecule has 0 saturated carbocycles. The monoisotopic (exact) mass is 424 g/mol. The van der Waals surface area contributed by atoms with Crippen LogP contribution >= 0.6 is 11.6 Å². The number of amides is 1. The fraction of sp³-hybridized carbons (Fsp3) is 0.417. The third-order valence-electron chi connectivity index (χ3n) is 5.71. The molecule has 1 fully saturated rings. The van der Waals surface area contributed by atoms with Crippen molar-refractivity contribution >= 4 is 28.5 Å². The SMILES string of the molecule is Cc1cc2[nH]c(-c3ccc(C(=O)NC4CC(C)(C)NC(C)(C)C4)cc3)nc2cc1Cl. The molecule has 1 aliphatic rings. The van der Waals surface area contributed by atoms with E-state index >= 15 is 0 Å². The van der Waals surface area contributed by atoms with E-state index in [9.17, 15) is 4.79 Å². The molecule has 0 aliphatic carbocycles.